The van der Waals surface area contributed by atoms with Gasteiger partial charge in [-0.3, -0.25) is 14.3 Å². The van der Waals surface area contributed by atoms with Gasteiger partial charge in [-0.2, -0.15) is 0 Å². The molecule has 0 saturated heterocycles. The molecule has 1 aromatic heterocycles. The van der Waals surface area contributed by atoms with Crippen molar-refractivity contribution in [3.63, 3.8) is 0 Å². The van der Waals surface area contributed by atoms with Gasteiger partial charge in [-0.25, -0.2) is 9.48 Å². The van der Waals surface area contributed by atoms with Crippen LogP contribution in [0.25, 0.3) is 5.69 Å². The molecule has 1 heterocycles. The normalized spacial score (nSPS) is 11.7. The fraction of sp³-hybridized carbons (Fsp3) is 0.227. The summed E-state index contributed by atoms with van der Waals surface area (Å²) in [6.07, 6.45) is -1.12. The first kappa shape index (κ1) is 20.9. The Morgan fingerprint density at radius 3 is 2.40 bits per heavy atom. The molecular formula is C22H24N4O4. The number of nitrogens with zero attached hydrogens (tertiary/aromatic N) is 2. The molecule has 1 atom stereocenters. The molecule has 0 saturated carbocycles. The van der Waals surface area contributed by atoms with Crippen LogP contribution in [-0.2, 0) is 16.6 Å². The van der Waals surface area contributed by atoms with Crippen molar-refractivity contribution in [3.05, 3.63) is 75.7 Å². The lowest BCUT2D eigenvalue weighted by Gasteiger charge is -2.14. The number of hydrogen-bond donors (Lipinski definition) is 2. The number of carbonyl (C=O) groups is 2. The van der Waals surface area contributed by atoms with E-state index in [9.17, 15) is 14.4 Å². The maximum absolute atomic E-state index is 12.9. The average Bonchev–Trinajstić information content (AvgIpc) is 2.93. The van der Waals surface area contributed by atoms with E-state index in [2.05, 4.69) is 5.32 Å². The summed E-state index contributed by atoms with van der Waals surface area (Å²) in [7, 11) is 1.73. The molecule has 0 aliphatic carbocycles. The minimum Gasteiger partial charge on any atom is -0.449 e. The molecule has 8 heteroatoms. The maximum Gasteiger partial charge on any atom is 0.341 e. The summed E-state index contributed by atoms with van der Waals surface area (Å²) in [4.78, 5) is 37.9. The summed E-state index contributed by atoms with van der Waals surface area (Å²) >= 11 is 0. The lowest BCUT2D eigenvalue weighted by Crippen LogP contribution is -2.32. The minimum atomic E-state index is -1.12. The van der Waals surface area contributed by atoms with Crippen molar-refractivity contribution < 1.29 is 14.3 Å². The van der Waals surface area contributed by atoms with Gasteiger partial charge in [0.1, 0.15) is 5.69 Å². The largest absolute Gasteiger partial charge is 0.449 e. The van der Waals surface area contributed by atoms with E-state index in [0.717, 1.165) is 5.56 Å². The van der Waals surface area contributed by atoms with Gasteiger partial charge < -0.3 is 15.8 Å². The summed E-state index contributed by atoms with van der Waals surface area (Å²) in [5.41, 5.74) is 8.15. The molecule has 8 nitrogen and oxygen atoms in total. The van der Waals surface area contributed by atoms with Gasteiger partial charge in [0.25, 0.3) is 11.5 Å². The molecule has 3 rings (SSSR count). The number of esters is 1. The van der Waals surface area contributed by atoms with Crippen LogP contribution in [0.2, 0.25) is 0 Å². The van der Waals surface area contributed by atoms with Gasteiger partial charge >= 0.3 is 5.97 Å². The number of amides is 1. The first-order valence-electron chi connectivity index (χ1n) is 9.43. The molecule has 0 aliphatic rings. The van der Waals surface area contributed by atoms with Crippen LogP contribution >= 0.6 is 0 Å². The van der Waals surface area contributed by atoms with Crippen LogP contribution in [0.5, 0.6) is 0 Å². The van der Waals surface area contributed by atoms with E-state index in [0.29, 0.717) is 17.1 Å². The maximum atomic E-state index is 12.9. The Morgan fingerprint density at radius 2 is 1.73 bits per heavy atom. The lowest BCUT2D eigenvalue weighted by molar-refractivity contribution is -0.123. The van der Waals surface area contributed by atoms with Crippen LogP contribution in [-0.4, -0.2) is 27.3 Å². The predicted octanol–water partition coefficient (Wildman–Crippen LogP) is 2.56. The lowest BCUT2D eigenvalue weighted by atomic mass is 10.1. The van der Waals surface area contributed by atoms with Crippen molar-refractivity contribution >= 4 is 23.3 Å². The second-order valence-electron chi connectivity index (χ2n) is 7.01. The van der Waals surface area contributed by atoms with Crippen molar-refractivity contribution in [3.8, 4) is 5.69 Å². The molecule has 1 amide bonds. The summed E-state index contributed by atoms with van der Waals surface area (Å²) in [6, 6.07) is 14.1. The molecule has 0 spiro atoms. The van der Waals surface area contributed by atoms with Crippen LogP contribution in [0.15, 0.2) is 53.3 Å². The zero-order valence-corrected chi connectivity index (χ0v) is 17.3. The Kier molecular flexibility index (Phi) is 5.77. The van der Waals surface area contributed by atoms with Gasteiger partial charge in [0.15, 0.2) is 6.10 Å². The second kappa shape index (κ2) is 8.28. The third-order valence-electron chi connectivity index (χ3n) is 5.00. The molecule has 0 radical (unpaired) electrons. The second-order valence-corrected chi connectivity index (χ2v) is 7.01. The molecule has 3 N–H and O–H groups in total. The van der Waals surface area contributed by atoms with E-state index < -0.39 is 18.0 Å². The average molecular weight is 408 g/mol. The number of nitrogens with two attached hydrogens (primary N) is 1. The third kappa shape index (κ3) is 3.84. The van der Waals surface area contributed by atoms with Crippen molar-refractivity contribution in [2.24, 2.45) is 7.05 Å². The highest BCUT2D eigenvalue weighted by Gasteiger charge is 2.24. The van der Waals surface area contributed by atoms with Gasteiger partial charge in [0.2, 0.25) is 0 Å². The van der Waals surface area contributed by atoms with Gasteiger partial charge in [0, 0.05) is 12.7 Å². The summed E-state index contributed by atoms with van der Waals surface area (Å²) in [5, 5.41) is 2.59. The summed E-state index contributed by atoms with van der Waals surface area (Å²) < 4.78 is 8.36. The van der Waals surface area contributed by atoms with Crippen molar-refractivity contribution in [1.29, 1.82) is 0 Å². The summed E-state index contributed by atoms with van der Waals surface area (Å²) in [6.45, 7) is 4.94. The smallest absolute Gasteiger partial charge is 0.341 e. The Bertz CT molecular complexity index is 1160. The highest BCUT2D eigenvalue weighted by atomic mass is 16.5. The van der Waals surface area contributed by atoms with E-state index in [4.69, 9.17) is 10.5 Å². The molecule has 0 fully saturated rings. The fourth-order valence-corrected chi connectivity index (χ4v) is 3.07. The Balaban J connectivity index is 1.80. The number of nitrogens with one attached hydrogen (secondary N) is 1. The van der Waals surface area contributed by atoms with Crippen molar-refractivity contribution in [1.82, 2.24) is 9.36 Å². The SMILES string of the molecule is Cc1cccc(C(=O)OC(C)C(=O)Nc2c(C)n(C)n(-c3ccccc3)c2=O)c1N. The number of ether oxygens (including phenoxy) is 1. The number of anilines is 2. The predicted molar refractivity (Wildman–Crippen MR) is 115 cm³/mol. The fourth-order valence-electron chi connectivity index (χ4n) is 3.07. The molecule has 0 bridgehead atoms. The number of aromatic nitrogens is 2. The highest BCUT2D eigenvalue weighted by molar-refractivity contribution is 6.00. The molecule has 2 aromatic carbocycles. The van der Waals surface area contributed by atoms with E-state index in [1.54, 1.807) is 49.8 Å². The summed E-state index contributed by atoms with van der Waals surface area (Å²) in [5.74, 6) is -1.31. The van der Waals surface area contributed by atoms with Gasteiger partial charge in [0.05, 0.1) is 16.9 Å². The monoisotopic (exact) mass is 408 g/mol. The molecule has 3 aromatic rings. The van der Waals surface area contributed by atoms with Crippen molar-refractivity contribution in [2.45, 2.75) is 26.9 Å². The highest BCUT2D eigenvalue weighted by Crippen LogP contribution is 2.19. The number of carbonyl (C=O) groups excluding carboxylic acids is 2. The van der Waals surface area contributed by atoms with Crippen LogP contribution < -0.4 is 16.6 Å². The zero-order valence-electron chi connectivity index (χ0n) is 17.3. The number of nitrogen functional groups attached to an aromatic ring is 1. The van der Waals surface area contributed by atoms with Crippen LogP contribution in [0, 0.1) is 13.8 Å². The first-order valence-corrected chi connectivity index (χ1v) is 9.43. The molecule has 30 heavy (non-hydrogen) atoms. The Morgan fingerprint density at radius 1 is 1.07 bits per heavy atom. The van der Waals surface area contributed by atoms with Crippen LogP contribution in [0.1, 0.15) is 28.5 Å². The van der Waals surface area contributed by atoms with E-state index in [1.165, 1.54) is 17.7 Å². The van der Waals surface area contributed by atoms with E-state index in [1.807, 2.05) is 18.2 Å². The number of rotatable bonds is 5. The number of benzene rings is 2. The zero-order chi connectivity index (χ0) is 22.0. The van der Waals surface area contributed by atoms with E-state index >= 15 is 0 Å². The van der Waals surface area contributed by atoms with Crippen molar-refractivity contribution in [2.75, 3.05) is 11.1 Å². The molecule has 1 unspecified atom stereocenters. The molecule has 0 aliphatic heterocycles. The van der Waals surface area contributed by atoms with Gasteiger partial charge in [-0.1, -0.05) is 30.3 Å². The number of aryl methyl sites for hydroxylation is 1. The number of para-hydroxylation sites is 2. The van der Waals surface area contributed by atoms with Crippen LogP contribution in [0.4, 0.5) is 11.4 Å². The molecule has 156 valence electrons. The van der Waals surface area contributed by atoms with Gasteiger partial charge in [-0.05, 0) is 44.5 Å². The minimum absolute atomic E-state index is 0.129. The van der Waals surface area contributed by atoms with Crippen LogP contribution in [0.3, 0.4) is 0 Å². The van der Waals surface area contributed by atoms with E-state index in [-0.39, 0.29) is 16.8 Å². The first-order chi connectivity index (χ1) is 14.2. The quantitative estimate of drug-likeness (QED) is 0.498. The molecular weight excluding hydrogens is 384 g/mol. The topological polar surface area (TPSA) is 108 Å². The number of hydrogen-bond acceptors (Lipinski definition) is 5. The van der Waals surface area contributed by atoms with Gasteiger partial charge in [-0.15, -0.1) is 0 Å². The Labute approximate surface area is 173 Å². The Hall–Kier alpha value is -3.81. The third-order valence-corrected chi connectivity index (χ3v) is 5.00. The standard InChI is InChI=1S/C22H24N4O4/c1-13-9-8-12-17(18(13)23)22(29)30-15(3)20(27)24-19-14(2)25(4)26(21(19)28)16-10-6-5-7-11-16/h5-12,15H,23H2,1-4H3,(H,24,27).